The summed E-state index contributed by atoms with van der Waals surface area (Å²) in [7, 11) is 0. The predicted molar refractivity (Wildman–Crippen MR) is 54.0 cm³/mol. The number of hydrogen-bond acceptors (Lipinski definition) is 2. The van der Waals surface area contributed by atoms with Gasteiger partial charge in [-0.05, 0) is 19.1 Å². The third-order valence-electron chi connectivity index (χ3n) is 1.85. The topological polar surface area (TPSA) is 46.5 Å². The van der Waals surface area contributed by atoms with Crippen LogP contribution in [0.3, 0.4) is 0 Å². The maximum Gasteiger partial charge on any atom is 0.338 e. The highest BCUT2D eigenvalue weighted by molar-refractivity contribution is 5.89. The summed E-state index contributed by atoms with van der Waals surface area (Å²) in [5, 5.41) is 8.69. The third kappa shape index (κ3) is 2.34. The second kappa shape index (κ2) is 4.59. The van der Waals surface area contributed by atoms with Crippen LogP contribution in [0.2, 0.25) is 0 Å². The Hall–Kier alpha value is -1.84. The predicted octanol–water partition coefficient (Wildman–Crippen LogP) is 2.53. The number of rotatable bonds is 4. The molecule has 0 aliphatic carbocycles. The molecule has 0 aliphatic rings. The quantitative estimate of drug-likeness (QED) is 0.777. The first-order chi connectivity index (χ1) is 7.07. The van der Waals surface area contributed by atoms with E-state index < -0.39 is 11.8 Å². The highest BCUT2D eigenvalue weighted by atomic mass is 19.1. The van der Waals surface area contributed by atoms with Crippen LogP contribution in [0.25, 0.3) is 5.76 Å². The lowest BCUT2D eigenvalue weighted by molar-refractivity contribution is 0.0692. The standard InChI is InChI=1S/C11H11FO3/c1-3-15-7(2)8-5-4-6-9(10(8)12)11(13)14/h4-6H,2-3H2,1H3,(H,13,14). The normalized spacial score (nSPS) is 9.73. The number of halogens is 1. The van der Waals surface area contributed by atoms with Crippen LogP contribution in [0, 0.1) is 5.82 Å². The maximum absolute atomic E-state index is 13.6. The van der Waals surface area contributed by atoms with Gasteiger partial charge in [-0.2, -0.15) is 0 Å². The summed E-state index contributed by atoms with van der Waals surface area (Å²) in [5.41, 5.74) is -0.301. The van der Waals surface area contributed by atoms with Crippen LogP contribution in [0.5, 0.6) is 0 Å². The van der Waals surface area contributed by atoms with Gasteiger partial charge in [0.2, 0.25) is 0 Å². The molecular formula is C11H11FO3. The molecule has 4 heteroatoms. The Morgan fingerprint density at radius 2 is 2.13 bits per heavy atom. The Bertz CT molecular complexity index is 399. The van der Waals surface area contributed by atoms with Crippen molar-refractivity contribution in [2.24, 2.45) is 0 Å². The molecule has 0 fully saturated rings. The molecule has 80 valence electrons. The summed E-state index contributed by atoms with van der Waals surface area (Å²) < 4.78 is 18.6. The van der Waals surface area contributed by atoms with E-state index in [4.69, 9.17) is 9.84 Å². The maximum atomic E-state index is 13.6. The molecular weight excluding hydrogens is 199 g/mol. The molecule has 0 heterocycles. The number of carboxylic acid groups (broad SMARTS) is 1. The molecule has 1 N–H and O–H groups in total. The molecule has 0 atom stereocenters. The molecule has 15 heavy (non-hydrogen) atoms. The van der Waals surface area contributed by atoms with Crippen LogP contribution < -0.4 is 0 Å². The van der Waals surface area contributed by atoms with Crippen molar-refractivity contribution in [1.82, 2.24) is 0 Å². The number of aromatic carboxylic acids is 1. The van der Waals surface area contributed by atoms with E-state index in [1.807, 2.05) is 0 Å². The van der Waals surface area contributed by atoms with Gasteiger partial charge in [0.25, 0.3) is 0 Å². The van der Waals surface area contributed by atoms with Crippen LogP contribution in [0.4, 0.5) is 4.39 Å². The van der Waals surface area contributed by atoms with E-state index >= 15 is 0 Å². The van der Waals surface area contributed by atoms with Gasteiger partial charge in [0.1, 0.15) is 11.6 Å². The number of carbonyl (C=O) groups is 1. The third-order valence-corrected chi connectivity index (χ3v) is 1.85. The summed E-state index contributed by atoms with van der Waals surface area (Å²) >= 11 is 0. The van der Waals surface area contributed by atoms with E-state index in [2.05, 4.69) is 6.58 Å². The molecule has 1 rings (SSSR count). The zero-order chi connectivity index (χ0) is 11.4. The highest BCUT2D eigenvalue weighted by Gasteiger charge is 2.15. The van der Waals surface area contributed by atoms with Gasteiger partial charge in [-0.1, -0.05) is 12.6 Å². The lowest BCUT2D eigenvalue weighted by atomic mass is 10.1. The van der Waals surface area contributed by atoms with E-state index in [0.29, 0.717) is 6.61 Å². The minimum Gasteiger partial charge on any atom is -0.494 e. The van der Waals surface area contributed by atoms with Crippen molar-refractivity contribution >= 4 is 11.7 Å². The summed E-state index contributed by atoms with van der Waals surface area (Å²) in [4.78, 5) is 10.6. The van der Waals surface area contributed by atoms with E-state index in [9.17, 15) is 9.18 Å². The number of benzene rings is 1. The molecule has 0 saturated heterocycles. The molecule has 0 bridgehead atoms. The summed E-state index contributed by atoms with van der Waals surface area (Å²) in [6.07, 6.45) is 0. The van der Waals surface area contributed by atoms with Gasteiger partial charge in [0, 0.05) is 0 Å². The summed E-state index contributed by atoms with van der Waals surface area (Å²) in [6.45, 7) is 5.62. The summed E-state index contributed by atoms with van der Waals surface area (Å²) in [6, 6.07) is 4.08. The minimum absolute atomic E-state index is 0.0803. The molecule has 0 aliphatic heterocycles. The Balaban J connectivity index is 3.15. The molecule has 0 amide bonds. The molecule has 0 saturated carbocycles. The van der Waals surface area contributed by atoms with Crippen LogP contribution in [-0.4, -0.2) is 17.7 Å². The number of hydrogen-bond donors (Lipinski definition) is 1. The minimum atomic E-state index is -1.31. The Morgan fingerprint density at radius 1 is 1.53 bits per heavy atom. The van der Waals surface area contributed by atoms with Gasteiger partial charge < -0.3 is 9.84 Å². The Labute approximate surface area is 86.8 Å². The number of carboxylic acids is 1. The van der Waals surface area contributed by atoms with Crippen molar-refractivity contribution in [3.05, 3.63) is 41.7 Å². The van der Waals surface area contributed by atoms with Crippen molar-refractivity contribution in [1.29, 1.82) is 0 Å². The van der Waals surface area contributed by atoms with E-state index in [1.54, 1.807) is 6.92 Å². The smallest absolute Gasteiger partial charge is 0.338 e. The van der Waals surface area contributed by atoms with Gasteiger partial charge in [-0.25, -0.2) is 9.18 Å². The van der Waals surface area contributed by atoms with Crippen molar-refractivity contribution in [2.45, 2.75) is 6.92 Å². The first-order valence-corrected chi connectivity index (χ1v) is 4.41. The highest BCUT2D eigenvalue weighted by Crippen LogP contribution is 2.20. The number of ether oxygens (including phenoxy) is 1. The first kappa shape index (κ1) is 11.2. The second-order valence-electron chi connectivity index (χ2n) is 2.83. The molecule has 0 spiro atoms. The van der Waals surface area contributed by atoms with Crippen LogP contribution in [0.15, 0.2) is 24.8 Å². The fourth-order valence-electron chi connectivity index (χ4n) is 1.16. The average molecular weight is 210 g/mol. The lowest BCUT2D eigenvalue weighted by Crippen LogP contribution is -2.04. The largest absolute Gasteiger partial charge is 0.494 e. The first-order valence-electron chi connectivity index (χ1n) is 4.41. The van der Waals surface area contributed by atoms with Crippen LogP contribution in [-0.2, 0) is 4.74 Å². The lowest BCUT2D eigenvalue weighted by Gasteiger charge is -2.08. The van der Waals surface area contributed by atoms with E-state index in [0.717, 1.165) is 0 Å². The van der Waals surface area contributed by atoms with Gasteiger partial charge in [-0.15, -0.1) is 0 Å². The van der Waals surface area contributed by atoms with Gasteiger partial charge >= 0.3 is 5.97 Å². The average Bonchev–Trinajstić information content (AvgIpc) is 2.17. The molecule has 0 unspecified atom stereocenters. The van der Waals surface area contributed by atoms with Crippen molar-refractivity contribution < 1.29 is 19.0 Å². The SMILES string of the molecule is C=C(OCC)c1cccc(C(=O)O)c1F. The second-order valence-corrected chi connectivity index (χ2v) is 2.83. The molecule has 0 radical (unpaired) electrons. The van der Waals surface area contributed by atoms with Gasteiger partial charge in [-0.3, -0.25) is 0 Å². The Kier molecular flexibility index (Phi) is 3.44. The van der Waals surface area contributed by atoms with Crippen LogP contribution >= 0.6 is 0 Å². The monoisotopic (exact) mass is 210 g/mol. The zero-order valence-electron chi connectivity index (χ0n) is 8.29. The molecule has 1 aromatic carbocycles. The van der Waals surface area contributed by atoms with Gasteiger partial charge in [0.05, 0.1) is 17.7 Å². The van der Waals surface area contributed by atoms with Crippen LogP contribution in [0.1, 0.15) is 22.8 Å². The fraction of sp³-hybridized carbons (Fsp3) is 0.182. The molecule has 1 aromatic rings. The molecule has 0 aromatic heterocycles. The summed E-state index contributed by atoms with van der Waals surface area (Å²) in [5.74, 6) is -1.99. The van der Waals surface area contributed by atoms with E-state index in [1.165, 1.54) is 18.2 Å². The zero-order valence-corrected chi connectivity index (χ0v) is 8.29. The fourth-order valence-corrected chi connectivity index (χ4v) is 1.16. The van der Waals surface area contributed by atoms with Crippen molar-refractivity contribution in [3.8, 4) is 0 Å². The van der Waals surface area contributed by atoms with E-state index in [-0.39, 0.29) is 16.9 Å². The van der Waals surface area contributed by atoms with Crippen molar-refractivity contribution in [3.63, 3.8) is 0 Å². The van der Waals surface area contributed by atoms with Crippen molar-refractivity contribution in [2.75, 3.05) is 6.61 Å². The Morgan fingerprint density at radius 3 is 2.67 bits per heavy atom. The van der Waals surface area contributed by atoms with Gasteiger partial charge in [0.15, 0.2) is 0 Å². The molecule has 3 nitrogen and oxygen atoms in total.